The van der Waals surface area contributed by atoms with E-state index in [1.165, 1.54) is 0 Å². The highest BCUT2D eigenvalue weighted by atomic mass is 16.5. The summed E-state index contributed by atoms with van der Waals surface area (Å²) < 4.78 is 16.3. The molecule has 1 heterocycles. The van der Waals surface area contributed by atoms with Crippen molar-refractivity contribution in [1.29, 1.82) is 0 Å². The first kappa shape index (κ1) is 15.3. The van der Waals surface area contributed by atoms with Crippen LogP contribution in [0.2, 0.25) is 0 Å². The van der Waals surface area contributed by atoms with E-state index in [1.54, 1.807) is 11.9 Å². The minimum absolute atomic E-state index is 0.480. The van der Waals surface area contributed by atoms with Gasteiger partial charge in [0.1, 0.15) is 17.6 Å². The van der Waals surface area contributed by atoms with Gasteiger partial charge >= 0.3 is 0 Å². The third-order valence-corrected chi connectivity index (χ3v) is 3.35. The van der Waals surface area contributed by atoms with Crippen molar-refractivity contribution < 1.29 is 14.2 Å². The van der Waals surface area contributed by atoms with Crippen molar-refractivity contribution in [2.75, 3.05) is 26.9 Å². The number of hydrogen-bond donors (Lipinski definition) is 0. The lowest BCUT2D eigenvalue weighted by Gasteiger charge is -2.11. The van der Waals surface area contributed by atoms with Gasteiger partial charge in [-0.1, -0.05) is 12.1 Å². The second-order valence-electron chi connectivity index (χ2n) is 4.86. The first-order valence-corrected chi connectivity index (χ1v) is 7.53. The molecule has 1 aromatic heterocycles. The maximum Gasteiger partial charge on any atom is 0.162 e. The van der Waals surface area contributed by atoms with Crippen LogP contribution in [0.5, 0.6) is 11.5 Å². The lowest BCUT2D eigenvalue weighted by atomic mass is 10.3. The molecule has 0 spiro atoms. The fraction of sp³-hybridized carbons (Fsp3) is 0.294. The van der Waals surface area contributed by atoms with Crippen LogP contribution < -0.4 is 9.47 Å². The SMILES string of the molecule is CCOCCOc1ccc(-n2nc3ccccc3n2)cc1OC. The van der Waals surface area contributed by atoms with Gasteiger partial charge in [0.05, 0.1) is 19.4 Å². The molecule has 0 aliphatic carbocycles. The standard InChI is InChI=1S/C17H19N3O3/c1-3-22-10-11-23-16-9-8-13(12-17(16)21-2)20-18-14-6-4-5-7-15(14)19-20/h4-9,12H,3,10-11H2,1-2H3. The zero-order valence-corrected chi connectivity index (χ0v) is 13.2. The molecule has 0 saturated heterocycles. The summed E-state index contributed by atoms with van der Waals surface area (Å²) in [4.78, 5) is 1.59. The van der Waals surface area contributed by atoms with Crippen molar-refractivity contribution in [3.8, 4) is 17.2 Å². The van der Waals surface area contributed by atoms with Gasteiger partial charge in [-0.05, 0) is 31.2 Å². The van der Waals surface area contributed by atoms with Crippen molar-refractivity contribution in [2.45, 2.75) is 6.92 Å². The Labute approximate surface area is 134 Å². The highest BCUT2D eigenvalue weighted by Crippen LogP contribution is 2.29. The van der Waals surface area contributed by atoms with Crippen molar-refractivity contribution in [2.24, 2.45) is 0 Å². The molecule has 120 valence electrons. The Morgan fingerprint density at radius 1 is 0.957 bits per heavy atom. The Kier molecular flexibility index (Phi) is 4.73. The number of ether oxygens (including phenoxy) is 3. The first-order valence-electron chi connectivity index (χ1n) is 7.53. The monoisotopic (exact) mass is 313 g/mol. The van der Waals surface area contributed by atoms with Crippen LogP contribution in [-0.2, 0) is 4.74 Å². The average Bonchev–Trinajstić information content (AvgIpc) is 3.03. The topological polar surface area (TPSA) is 58.4 Å². The Bertz CT molecular complexity index is 753. The van der Waals surface area contributed by atoms with Gasteiger partial charge in [-0.2, -0.15) is 4.80 Å². The molecule has 6 heteroatoms. The molecule has 3 rings (SSSR count). The number of rotatable bonds is 7. The number of benzene rings is 2. The number of hydrogen-bond acceptors (Lipinski definition) is 5. The molecule has 0 aliphatic rings. The van der Waals surface area contributed by atoms with Gasteiger partial charge in [0, 0.05) is 12.7 Å². The Balaban J connectivity index is 1.83. The minimum Gasteiger partial charge on any atom is -0.493 e. The van der Waals surface area contributed by atoms with Crippen molar-refractivity contribution >= 4 is 11.0 Å². The molecular weight excluding hydrogens is 294 g/mol. The molecule has 0 bridgehead atoms. The van der Waals surface area contributed by atoms with Crippen LogP contribution in [0.4, 0.5) is 0 Å². The first-order chi connectivity index (χ1) is 11.3. The second-order valence-corrected chi connectivity index (χ2v) is 4.86. The van der Waals surface area contributed by atoms with E-state index in [9.17, 15) is 0 Å². The maximum absolute atomic E-state index is 5.68. The van der Waals surface area contributed by atoms with Crippen molar-refractivity contribution in [3.05, 3.63) is 42.5 Å². The summed E-state index contributed by atoms with van der Waals surface area (Å²) in [6.45, 7) is 3.66. The second kappa shape index (κ2) is 7.11. The maximum atomic E-state index is 5.68. The van der Waals surface area contributed by atoms with Crippen molar-refractivity contribution in [1.82, 2.24) is 15.0 Å². The summed E-state index contributed by atoms with van der Waals surface area (Å²) >= 11 is 0. The predicted octanol–water partition coefficient (Wildman–Crippen LogP) is 2.84. The predicted molar refractivity (Wildman–Crippen MR) is 87.4 cm³/mol. The summed E-state index contributed by atoms with van der Waals surface area (Å²) in [6, 6.07) is 13.4. The Morgan fingerprint density at radius 3 is 2.35 bits per heavy atom. The van der Waals surface area contributed by atoms with Gasteiger partial charge in [0.15, 0.2) is 11.5 Å². The summed E-state index contributed by atoms with van der Waals surface area (Å²) in [5.74, 6) is 1.31. The Morgan fingerprint density at radius 2 is 1.70 bits per heavy atom. The van der Waals surface area contributed by atoms with E-state index in [2.05, 4.69) is 10.2 Å². The van der Waals surface area contributed by atoms with E-state index in [-0.39, 0.29) is 0 Å². The Hall–Kier alpha value is -2.60. The van der Waals surface area contributed by atoms with Gasteiger partial charge in [-0.25, -0.2) is 0 Å². The van der Waals surface area contributed by atoms with Crippen LogP contribution >= 0.6 is 0 Å². The molecule has 6 nitrogen and oxygen atoms in total. The number of aromatic nitrogens is 3. The molecular formula is C17H19N3O3. The van der Waals surface area contributed by atoms with Crippen LogP contribution in [0.1, 0.15) is 6.92 Å². The van der Waals surface area contributed by atoms with E-state index >= 15 is 0 Å². The number of fused-ring (bicyclic) bond motifs is 1. The quantitative estimate of drug-likeness (QED) is 0.628. The van der Waals surface area contributed by atoms with E-state index < -0.39 is 0 Å². The van der Waals surface area contributed by atoms with Crippen LogP contribution in [0.25, 0.3) is 16.7 Å². The van der Waals surface area contributed by atoms with Gasteiger partial charge in [0.2, 0.25) is 0 Å². The molecule has 0 amide bonds. The van der Waals surface area contributed by atoms with Crippen LogP contribution in [0.3, 0.4) is 0 Å². The molecule has 3 aromatic rings. The van der Waals surface area contributed by atoms with Gasteiger partial charge < -0.3 is 14.2 Å². The van der Waals surface area contributed by atoms with Crippen LogP contribution in [-0.4, -0.2) is 41.9 Å². The lowest BCUT2D eigenvalue weighted by molar-refractivity contribution is 0.109. The smallest absolute Gasteiger partial charge is 0.162 e. The van der Waals surface area contributed by atoms with E-state index in [0.717, 1.165) is 16.7 Å². The lowest BCUT2D eigenvalue weighted by Crippen LogP contribution is -2.07. The van der Waals surface area contributed by atoms with E-state index in [4.69, 9.17) is 14.2 Å². The highest BCUT2D eigenvalue weighted by molar-refractivity contribution is 5.73. The molecule has 0 unspecified atom stereocenters. The van der Waals surface area contributed by atoms with E-state index in [1.807, 2.05) is 49.4 Å². The van der Waals surface area contributed by atoms with Gasteiger partial charge in [-0.15, -0.1) is 10.2 Å². The number of nitrogens with zero attached hydrogens (tertiary/aromatic N) is 3. The summed E-state index contributed by atoms with van der Waals surface area (Å²) in [7, 11) is 1.61. The summed E-state index contributed by atoms with van der Waals surface area (Å²) in [5, 5.41) is 8.93. The summed E-state index contributed by atoms with van der Waals surface area (Å²) in [6.07, 6.45) is 0. The molecule has 0 radical (unpaired) electrons. The third kappa shape index (κ3) is 3.43. The molecule has 0 N–H and O–H groups in total. The molecule has 0 atom stereocenters. The van der Waals surface area contributed by atoms with Crippen LogP contribution in [0.15, 0.2) is 42.5 Å². The highest BCUT2D eigenvalue weighted by Gasteiger charge is 2.09. The fourth-order valence-corrected chi connectivity index (χ4v) is 2.23. The molecule has 23 heavy (non-hydrogen) atoms. The molecule has 0 saturated carbocycles. The van der Waals surface area contributed by atoms with E-state index in [0.29, 0.717) is 31.3 Å². The normalized spacial score (nSPS) is 10.9. The zero-order chi connectivity index (χ0) is 16.1. The summed E-state index contributed by atoms with van der Waals surface area (Å²) in [5.41, 5.74) is 2.52. The largest absolute Gasteiger partial charge is 0.493 e. The fourth-order valence-electron chi connectivity index (χ4n) is 2.23. The third-order valence-electron chi connectivity index (χ3n) is 3.35. The molecule has 2 aromatic carbocycles. The van der Waals surface area contributed by atoms with Crippen molar-refractivity contribution in [3.63, 3.8) is 0 Å². The minimum atomic E-state index is 0.480. The molecule has 0 fully saturated rings. The zero-order valence-electron chi connectivity index (χ0n) is 13.2. The number of methoxy groups -OCH3 is 1. The van der Waals surface area contributed by atoms with Gasteiger partial charge in [-0.3, -0.25) is 0 Å². The van der Waals surface area contributed by atoms with Gasteiger partial charge in [0.25, 0.3) is 0 Å². The molecule has 0 aliphatic heterocycles. The average molecular weight is 313 g/mol. The van der Waals surface area contributed by atoms with Crippen LogP contribution in [0, 0.1) is 0 Å².